The van der Waals surface area contributed by atoms with E-state index in [1.54, 1.807) is 25.4 Å². The number of carbonyl (C=O) groups excluding carboxylic acids is 2. The molecular weight excluding hydrogens is 334 g/mol. The molecule has 5 nitrogen and oxygen atoms in total. The number of nitrogens with one attached hydrogen (secondary N) is 1. The molecule has 2 aromatic rings. The number of likely N-dealkylation sites (N-methyl/N-ethyl adjacent to an activating group) is 1. The minimum atomic E-state index is -0.330. The number of rotatable bonds is 5. The van der Waals surface area contributed by atoms with Crippen molar-refractivity contribution < 1.29 is 9.59 Å². The lowest BCUT2D eigenvalue weighted by molar-refractivity contribution is -0.122. The smallest absolute Gasteiger partial charge is 0.256 e. The Bertz CT molecular complexity index is 742. The second-order valence-corrected chi connectivity index (χ2v) is 7.79. The van der Waals surface area contributed by atoms with Crippen molar-refractivity contribution in [2.24, 2.45) is 0 Å². The molecule has 0 aliphatic rings. The second kappa shape index (κ2) is 8.16. The maximum atomic E-state index is 12.7. The highest BCUT2D eigenvalue weighted by molar-refractivity contribution is 7.99. The quantitative estimate of drug-likeness (QED) is 0.892. The van der Waals surface area contributed by atoms with E-state index >= 15 is 0 Å². The van der Waals surface area contributed by atoms with Crippen LogP contribution in [-0.2, 0) is 4.79 Å². The van der Waals surface area contributed by atoms with Crippen molar-refractivity contribution in [2.45, 2.75) is 36.2 Å². The van der Waals surface area contributed by atoms with Crippen molar-refractivity contribution >= 4 is 23.6 Å². The van der Waals surface area contributed by atoms with Crippen LogP contribution in [0.25, 0.3) is 0 Å². The Kier molecular flexibility index (Phi) is 6.20. The third kappa shape index (κ3) is 5.90. The molecule has 2 amide bonds. The number of pyridine rings is 1. The number of nitrogens with zero attached hydrogens (tertiary/aromatic N) is 2. The van der Waals surface area contributed by atoms with E-state index in [1.807, 2.05) is 51.1 Å². The predicted octanol–water partition coefficient (Wildman–Crippen LogP) is 3.22. The molecule has 132 valence electrons. The lowest BCUT2D eigenvalue weighted by Crippen LogP contribution is -2.46. The average molecular weight is 357 g/mol. The van der Waals surface area contributed by atoms with Crippen LogP contribution >= 0.6 is 11.8 Å². The van der Waals surface area contributed by atoms with Crippen LogP contribution in [0.5, 0.6) is 0 Å². The van der Waals surface area contributed by atoms with Gasteiger partial charge in [0.05, 0.1) is 12.1 Å². The van der Waals surface area contributed by atoms with Gasteiger partial charge in [0.2, 0.25) is 5.91 Å². The van der Waals surface area contributed by atoms with Gasteiger partial charge in [-0.3, -0.25) is 9.59 Å². The summed E-state index contributed by atoms with van der Waals surface area (Å²) in [5.41, 5.74) is 0.159. The molecule has 1 aromatic heterocycles. The molecule has 1 aromatic carbocycles. The summed E-state index contributed by atoms with van der Waals surface area (Å²) in [6.07, 6.45) is 1.66. The zero-order valence-electron chi connectivity index (χ0n) is 14.9. The van der Waals surface area contributed by atoms with Crippen LogP contribution in [-0.4, -0.2) is 40.8 Å². The largest absolute Gasteiger partial charge is 0.350 e. The van der Waals surface area contributed by atoms with Gasteiger partial charge in [-0.15, -0.1) is 0 Å². The summed E-state index contributed by atoms with van der Waals surface area (Å²) in [6, 6.07) is 13.2. The van der Waals surface area contributed by atoms with E-state index in [4.69, 9.17) is 0 Å². The maximum absolute atomic E-state index is 12.7. The highest BCUT2D eigenvalue weighted by Crippen LogP contribution is 2.28. The molecule has 25 heavy (non-hydrogen) atoms. The number of benzene rings is 1. The van der Waals surface area contributed by atoms with Crippen molar-refractivity contribution in [3.8, 4) is 0 Å². The van der Waals surface area contributed by atoms with Crippen LogP contribution in [0.15, 0.2) is 58.6 Å². The Hall–Kier alpha value is -2.34. The van der Waals surface area contributed by atoms with Crippen LogP contribution < -0.4 is 5.32 Å². The lowest BCUT2D eigenvalue weighted by atomic mass is 10.1. The third-order valence-corrected chi connectivity index (χ3v) is 4.23. The molecule has 1 heterocycles. The molecule has 0 aliphatic carbocycles. The highest BCUT2D eigenvalue weighted by atomic mass is 32.2. The Morgan fingerprint density at radius 3 is 2.44 bits per heavy atom. The Balaban J connectivity index is 2.12. The van der Waals surface area contributed by atoms with E-state index in [2.05, 4.69) is 10.3 Å². The zero-order valence-corrected chi connectivity index (χ0v) is 15.8. The molecule has 0 atom stereocenters. The van der Waals surface area contributed by atoms with Crippen LogP contribution in [0.2, 0.25) is 0 Å². The number of hydrogen-bond acceptors (Lipinski definition) is 4. The first-order chi connectivity index (χ1) is 11.8. The van der Waals surface area contributed by atoms with E-state index in [0.717, 1.165) is 4.90 Å². The van der Waals surface area contributed by atoms with Crippen molar-refractivity contribution in [3.05, 3.63) is 54.2 Å². The molecular formula is C19H23N3O2S. The van der Waals surface area contributed by atoms with Gasteiger partial charge in [0.15, 0.2) is 0 Å². The lowest BCUT2D eigenvalue weighted by Gasteiger charge is -2.23. The van der Waals surface area contributed by atoms with Crippen LogP contribution in [0.1, 0.15) is 31.1 Å². The van der Waals surface area contributed by atoms with Crippen molar-refractivity contribution in [1.29, 1.82) is 0 Å². The van der Waals surface area contributed by atoms with Gasteiger partial charge in [-0.05, 0) is 45.0 Å². The predicted molar refractivity (Wildman–Crippen MR) is 99.7 cm³/mol. The summed E-state index contributed by atoms with van der Waals surface area (Å²) in [5.74, 6) is -0.417. The van der Waals surface area contributed by atoms with Gasteiger partial charge in [-0.25, -0.2) is 4.98 Å². The fraction of sp³-hybridized carbons (Fsp3) is 0.316. The first-order valence-electron chi connectivity index (χ1n) is 8.00. The van der Waals surface area contributed by atoms with Gasteiger partial charge in [-0.1, -0.05) is 30.0 Å². The van der Waals surface area contributed by atoms with Crippen LogP contribution in [0.3, 0.4) is 0 Å². The third-order valence-electron chi connectivity index (χ3n) is 3.20. The molecule has 0 saturated heterocycles. The average Bonchev–Trinajstić information content (AvgIpc) is 2.54. The molecule has 0 aliphatic heterocycles. The molecule has 0 spiro atoms. The molecule has 0 fully saturated rings. The Labute approximate surface area is 152 Å². The van der Waals surface area contributed by atoms with E-state index < -0.39 is 0 Å². The van der Waals surface area contributed by atoms with Crippen molar-refractivity contribution in [1.82, 2.24) is 15.2 Å². The van der Waals surface area contributed by atoms with Gasteiger partial charge in [-0.2, -0.15) is 0 Å². The van der Waals surface area contributed by atoms with Gasteiger partial charge < -0.3 is 10.2 Å². The number of amides is 2. The van der Waals surface area contributed by atoms with E-state index in [-0.39, 0.29) is 23.9 Å². The Morgan fingerprint density at radius 2 is 1.80 bits per heavy atom. The van der Waals surface area contributed by atoms with Crippen molar-refractivity contribution in [2.75, 3.05) is 13.6 Å². The molecule has 0 unspecified atom stereocenters. The molecule has 6 heteroatoms. The van der Waals surface area contributed by atoms with E-state index in [1.165, 1.54) is 16.7 Å². The summed E-state index contributed by atoms with van der Waals surface area (Å²) >= 11 is 1.43. The summed E-state index contributed by atoms with van der Waals surface area (Å²) in [6.45, 7) is 5.72. The second-order valence-electron chi connectivity index (χ2n) is 6.73. The van der Waals surface area contributed by atoms with Crippen molar-refractivity contribution in [3.63, 3.8) is 0 Å². The van der Waals surface area contributed by atoms with Gasteiger partial charge in [0, 0.05) is 23.7 Å². The summed E-state index contributed by atoms with van der Waals surface area (Å²) in [7, 11) is 1.62. The SMILES string of the molecule is CN(CC(=O)NC(C)(C)C)C(=O)c1cccnc1Sc1ccccc1. The highest BCUT2D eigenvalue weighted by Gasteiger charge is 2.21. The fourth-order valence-corrected chi connectivity index (χ4v) is 3.08. The van der Waals surface area contributed by atoms with Crippen LogP contribution in [0.4, 0.5) is 0 Å². The van der Waals surface area contributed by atoms with Gasteiger partial charge in [0.25, 0.3) is 5.91 Å². The topological polar surface area (TPSA) is 62.3 Å². The van der Waals surface area contributed by atoms with Gasteiger partial charge >= 0.3 is 0 Å². The normalized spacial score (nSPS) is 11.0. The molecule has 1 N–H and O–H groups in total. The van der Waals surface area contributed by atoms with Crippen LogP contribution in [0, 0.1) is 0 Å². The maximum Gasteiger partial charge on any atom is 0.256 e. The van der Waals surface area contributed by atoms with E-state index in [9.17, 15) is 9.59 Å². The fourth-order valence-electron chi connectivity index (χ4n) is 2.19. The molecule has 2 rings (SSSR count). The summed E-state index contributed by atoms with van der Waals surface area (Å²) in [4.78, 5) is 31.5. The van der Waals surface area contributed by atoms with Gasteiger partial charge in [0.1, 0.15) is 5.03 Å². The molecule has 0 radical (unpaired) electrons. The standard InChI is InChI=1S/C19H23N3O2S/c1-19(2,3)21-16(23)13-22(4)18(24)15-11-8-12-20-17(15)25-14-9-6-5-7-10-14/h5-12H,13H2,1-4H3,(H,21,23). The number of hydrogen-bond donors (Lipinski definition) is 1. The first-order valence-corrected chi connectivity index (χ1v) is 8.82. The minimum Gasteiger partial charge on any atom is -0.350 e. The summed E-state index contributed by atoms with van der Waals surface area (Å²) < 4.78 is 0. The minimum absolute atomic E-state index is 0.000438. The Morgan fingerprint density at radius 1 is 1.12 bits per heavy atom. The number of aromatic nitrogens is 1. The first kappa shape index (κ1) is 19.0. The summed E-state index contributed by atoms with van der Waals surface area (Å²) in [5, 5.41) is 3.48. The molecule has 0 saturated carbocycles. The number of carbonyl (C=O) groups is 2. The van der Waals surface area contributed by atoms with E-state index in [0.29, 0.717) is 10.6 Å². The zero-order chi connectivity index (χ0) is 18.4. The monoisotopic (exact) mass is 357 g/mol. The molecule has 0 bridgehead atoms.